The van der Waals surface area contributed by atoms with Gasteiger partial charge in [-0.05, 0) is 31.2 Å². The van der Waals surface area contributed by atoms with Crippen LogP contribution >= 0.6 is 11.6 Å². The fourth-order valence-corrected chi connectivity index (χ4v) is 2.39. The van der Waals surface area contributed by atoms with Crippen molar-refractivity contribution < 1.29 is 0 Å². The van der Waals surface area contributed by atoms with E-state index in [9.17, 15) is 0 Å². The van der Waals surface area contributed by atoms with Gasteiger partial charge in [0.1, 0.15) is 0 Å². The van der Waals surface area contributed by atoms with Crippen LogP contribution in [0.1, 0.15) is 26.0 Å². The van der Waals surface area contributed by atoms with Crippen LogP contribution in [0, 0.1) is 5.92 Å². The van der Waals surface area contributed by atoms with Crippen molar-refractivity contribution >= 4 is 22.5 Å². The van der Waals surface area contributed by atoms with Crippen LogP contribution in [0.4, 0.5) is 0 Å². The van der Waals surface area contributed by atoms with Gasteiger partial charge in [-0.3, -0.25) is 4.98 Å². The average Bonchev–Trinajstić information content (AvgIpc) is 2.37. The molecule has 0 bridgehead atoms. The van der Waals surface area contributed by atoms with Crippen molar-refractivity contribution in [3.05, 3.63) is 41.0 Å². The van der Waals surface area contributed by atoms with Crippen molar-refractivity contribution in [1.82, 2.24) is 9.88 Å². The minimum Gasteiger partial charge on any atom is -0.300 e. The first-order valence-corrected chi connectivity index (χ1v) is 7.20. The Morgan fingerprint density at radius 1 is 1.26 bits per heavy atom. The molecule has 0 spiro atoms. The normalized spacial score (nSPS) is 13.1. The lowest BCUT2D eigenvalue weighted by molar-refractivity contribution is 0.273. The molecule has 19 heavy (non-hydrogen) atoms. The standard InChI is InChI=1S/C16H21ClN2/c1-4-12(2)10-19(3)11-15-8-6-13-5-7-14(17)9-16(13)18-15/h5-9,12H,4,10-11H2,1-3H3. The zero-order chi connectivity index (χ0) is 13.8. The summed E-state index contributed by atoms with van der Waals surface area (Å²) in [6.07, 6.45) is 1.21. The van der Waals surface area contributed by atoms with Crippen LogP contribution in [0.5, 0.6) is 0 Å². The third-order valence-electron chi connectivity index (χ3n) is 3.46. The predicted octanol–water partition coefficient (Wildman–Crippen LogP) is 4.37. The Kier molecular flexibility index (Phi) is 4.78. The SMILES string of the molecule is CCC(C)CN(C)Cc1ccc2ccc(Cl)cc2n1. The molecule has 0 aliphatic rings. The molecule has 0 amide bonds. The molecule has 0 aliphatic carbocycles. The molecule has 1 atom stereocenters. The highest BCUT2D eigenvalue weighted by Gasteiger charge is 2.06. The molecule has 2 aromatic rings. The molecular formula is C16H21ClN2. The molecule has 3 heteroatoms. The molecule has 2 rings (SSSR count). The Balaban J connectivity index is 2.12. The van der Waals surface area contributed by atoms with E-state index in [4.69, 9.17) is 11.6 Å². The summed E-state index contributed by atoms with van der Waals surface area (Å²) in [4.78, 5) is 7.01. The highest BCUT2D eigenvalue weighted by Crippen LogP contribution is 2.18. The number of rotatable bonds is 5. The van der Waals surface area contributed by atoms with Gasteiger partial charge < -0.3 is 4.90 Å². The van der Waals surface area contributed by atoms with E-state index in [0.29, 0.717) is 0 Å². The second kappa shape index (κ2) is 6.36. The van der Waals surface area contributed by atoms with Crippen LogP contribution in [-0.2, 0) is 6.54 Å². The summed E-state index contributed by atoms with van der Waals surface area (Å²) in [5.41, 5.74) is 2.07. The van der Waals surface area contributed by atoms with Crippen molar-refractivity contribution in [3.8, 4) is 0 Å². The van der Waals surface area contributed by atoms with Crippen molar-refractivity contribution in [2.75, 3.05) is 13.6 Å². The lowest BCUT2D eigenvalue weighted by Gasteiger charge is -2.20. The van der Waals surface area contributed by atoms with Crippen LogP contribution in [0.25, 0.3) is 10.9 Å². The lowest BCUT2D eigenvalue weighted by atomic mass is 10.1. The van der Waals surface area contributed by atoms with Crippen molar-refractivity contribution in [2.24, 2.45) is 5.92 Å². The van der Waals surface area contributed by atoms with Gasteiger partial charge in [0.25, 0.3) is 0 Å². The number of benzene rings is 1. The Hall–Kier alpha value is -1.12. The maximum atomic E-state index is 6.01. The van der Waals surface area contributed by atoms with Crippen molar-refractivity contribution in [2.45, 2.75) is 26.8 Å². The molecule has 0 aliphatic heterocycles. The Morgan fingerprint density at radius 3 is 2.74 bits per heavy atom. The number of hydrogen-bond acceptors (Lipinski definition) is 2. The van der Waals surface area contributed by atoms with E-state index in [0.717, 1.165) is 40.6 Å². The Morgan fingerprint density at radius 2 is 2.00 bits per heavy atom. The lowest BCUT2D eigenvalue weighted by Crippen LogP contribution is -2.24. The van der Waals surface area contributed by atoms with Gasteiger partial charge >= 0.3 is 0 Å². The van der Waals surface area contributed by atoms with E-state index in [1.807, 2.05) is 18.2 Å². The quantitative estimate of drug-likeness (QED) is 0.806. The maximum Gasteiger partial charge on any atom is 0.0720 e. The summed E-state index contributed by atoms with van der Waals surface area (Å²) in [5.74, 6) is 0.722. The molecule has 1 unspecified atom stereocenters. The van der Waals surface area contributed by atoms with E-state index in [-0.39, 0.29) is 0 Å². The summed E-state index contributed by atoms with van der Waals surface area (Å²) in [5, 5.41) is 1.88. The second-order valence-corrected chi connectivity index (χ2v) is 5.79. The largest absolute Gasteiger partial charge is 0.300 e. The van der Waals surface area contributed by atoms with E-state index < -0.39 is 0 Å². The molecule has 0 saturated heterocycles. The number of nitrogens with zero attached hydrogens (tertiary/aromatic N) is 2. The van der Waals surface area contributed by atoms with Gasteiger partial charge in [0, 0.05) is 23.5 Å². The topological polar surface area (TPSA) is 16.1 Å². The van der Waals surface area contributed by atoms with Gasteiger partial charge in [0.05, 0.1) is 11.2 Å². The molecule has 2 nitrogen and oxygen atoms in total. The summed E-state index contributed by atoms with van der Waals surface area (Å²) < 4.78 is 0. The molecule has 0 saturated carbocycles. The van der Waals surface area contributed by atoms with E-state index >= 15 is 0 Å². The van der Waals surface area contributed by atoms with Gasteiger partial charge in [0.2, 0.25) is 0 Å². The molecule has 1 aromatic carbocycles. The molecule has 1 heterocycles. The minimum atomic E-state index is 0.722. The zero-order valence-corrected chi connectivity index (χ0v) is 12.6. The third kappa shape index (κ3) is 3.92. The number of hydrogen-bond donors (Lipinski definition) is 0. The fraction of sp³-hybridized carbons (Fsp3) is 0.438. The number of halogens is 1. The van der Waals surface area contributed by atoms with Crippen molar-refractivity contribution in [3.63, 3.8) is 0 Å². The fourth-order valence-electron chi connectivity index (χ4n) is 2.22. The molecule has 0 N–H and O–H groups in total. The van der Waals surface area contributed by atoms with Gasteiger partial charge in [-0.2, -0.15) is 0 Å². The monoisotopic (exact) mass is 276 g/mol. The summed E-state index contributed by atoms with van der Waals surface area (Å²) in [6.45, 7) is 6.50. The smallest absolute Gasteiger partial charge is 0.0720 e. The number of aromatic nitrogens is 1. The number of fused-ring (bicyclic) bond motifs is 1. The first-order valence-electron chi connectivity index (χ1n) is 6.82. The highest BCUT2D eigenvalue weighted by atomic mass is 35.5. The Bertz CT molecular complexity index is 553. The third-order valence-corrected chi connectivity index (χ3v) is 3.70. The summed E-state index contributed by atoms with van der Waals surface area (Å²) in [6, 6.07) is 10.1. The highest BCUT2D eigenvalue weighted by molar-refractivity contribution is 6.31. The van der Waals surface area contributed by atoms with E-state index in [1.54, 1.807) is 0 Å². The molecule has 102 valence electrons. The van der Waals surface area contributed by atoms with Gasteiger partial charge in [0.15, 0.2) is 0 Å². The maximum absolute atomic E-state index is 6.01. The molecule has 0 fully saturated rings. The van der Waals surface area contributed by atoms with E-state index in [2.05, 4.69) is 42.9 Å². The molecule has 1 aromatic heterocycles. The number of pyridine rings is 1. The average molecular weight is 277 g/mol. The van der Waals surface area contributed by atoms with Crippen LogP contribution in [0.2, 0.25) is 5.02 Å². The first-order chi connectivity index (χ1) is 9.08. The van der Waals surface area contributed by atoms with Gasteiger partial charge in [-0.1, -0.05) is 44.0 Å². The summed E-state index contributed by atoms with van der Waals surface area (Å²) >= 11 is 6.01. The summed E-state index contributed by atoms with van der Waals surface area (Å²) in [7, 11) is 2.15. The van der Waals surface area contributed by atoms with E-state index in [1.165, 1.54) is 6.42 Å². The molecule has 0 radical (unpaired) electrons. The van der Waals surface area contributed by atoms with Gasteiger partial charge in [-0.15, -0.1) is 0 Å². The second-order valence-electron chi connectivity index (χ2n) is 5.35. The van der Waals surface area contributed by atoms with Crippen molar-refractivity contribution in [1.29, 1.82) is 0 Å². The molecular weight excluding hydrogens is 256 g/mol. The minimum absolute atomic E-state index is 0.722. The zero-order valence-electron chi connectivity index (χ0n) is 11.9. The van der Waals surface area contributed by atoms with Crippen LogP contribution in [0.15, 0.2) is 30.3 Å². The predicted molar refractivity (Wildman–Crippen MR) is 82.5 cm³/mol. The Labute approximate surface area is 120 Å². The van der Waals surface area contributed by atoms with Gasteiger partial charge in [-0.25, -0.2) is 0 Å². The first kappa shape index (κ1) is 14.3. The van der Waals surface area contributed by atoms with Crippen LogP contribution < -0.4 is 0 Å². The van der Waals surface area contributed by atoms with Crippen LogP contribution in [0.3, 0.4) is 0 Å². The van der Waals surface area contributed by atoms with Crippen LogP contribution in [-0.4, -0.2) is 23.5 Å².